The molecular formula is C13H8N4O5S2. The fourth-order valence-electron chi connectivity index (χ4n) is 2.02. The van der Waals surface area contributed by atoms with Crippen LogP contribution in [-0.4, -0.2) is 19.9 Å². The Morgan fingerprint density at radius 1 is 1.12 bits per heavy atom. The van der Waals surface area contributed by atoms with E-state index in [-0.39, 0.29) is 11.4 Å². The average Bonchev–Trinajstić information content (AvgIpc) is 3.16. The highest BCUT2D eigenvalue weighted by Gasteiger charge is 2.25. The molecule has 0 saturated heterocycles. The molecule has 24 heavy (non-hydrogen) atoms. The summed E-state index contributed by atoms with van der Waals surface area (Å²) in [6.45, 7) is 0. The van der Waals surface area contributed by atoms with E-state index >= 15 is 0 Å². The Balaban J connectivity index is 1.76. The van der Waals surface area contributed by atoms with Crippen LogP contribution in [-0.2, 0) is 27.1 Å². The molecule has 0 saturated carbocycles. The van der Waals surface area contributed by atoms with E-state index in [1.54, 1.807) is 12.1 Å². The maximum absolute atomic E-state index is 10.8. The van der Waals surface area contributed by atoms with E-state index in [9.17, 15) is 20.2 Å². The van der Waals surface area contributed by atoms with Gasteiger partial charge in [-0.15, -0.1) is 10.2 Å². The molecule has 2 aromatic rings. The van der Waals surface area contributed by atoms with Crippen LogP contribution in [0.15, 0.2) is 51.0 Å². The standard InChI is InChI=1S/C13H8N4O5S2/c18-16(19)9-3-1-2-8(6-9)7-11-14-15-13(24(11)23)10-4-5-12(22-10)17(20)21/h1-6H,7H2. The first-order chi connectivity index (χ1) is 11.5. The van der Waals surface area contributed by atoms with Gasteiger partial charge in [-0.1, -0.05) is 12.1 Å². The van der Waals surface area contributed by atoms with Crippen molar-refractivity contribution in [3.05, 3.63) is 68.0 Å². The fourth-order valence-corrected chi connectivity index (χ4v) is 3.69. The normalized spacial score (nSPS) is 16.6. The van der Waals surface area contributed by atoms with E-state index in [0.29, 0.717) is 22.1 Å². The molecule has 0 radical (unpaired) electrons. The molecule has 0 amide bonds. The lowest BCUT2D eigenvalue weighted by Gasteiger charge is -2.03. The molecule has 0 aliphatic carbocycles. The Morgan fingerprint density at radius 2 is 1.92 bits per heavy atom. The van der Waals surface area contributed by atoms with Crippen LogP contribution in [0.4, 0.5) is 11.6 Å². The van der Waals surface area contributed by atoms with Crippen LogP contribution in [0.5, 0.6) is 0 Å². The average molecular weight is 364 g/mol. The summed E-state index contributed by atoms with van der Waals surface area (Å²) in [7, 11) is -0.920. The molecular weight excluding hydrogens is 356 g/mol. The first kappa shape index (κ1) is 16.1. The minimum absolute atomic E-state index is 0.0156. The summed E-state index contributed by atoms with van der Waals surface area (Å²) in [4.78, 5) is 20.4. The Morgan fingerprint density at radius 3 is 2.58 bits per heavy atom. The van der Waals surface area contributed by atoms with Crippen molar-refractivity contribution in [2.75, 3.05) is 0 Å². The molecule has 122 valence electrons. The number of hydrogen-bond acceptors (Lipinski definition) is 8. The van der Waals surface area contributed by atoms with Crippen molar-refractivity contribution in [3.8, 4) is 0 Å². The van der Waals surface area contributed by atoms with Crippen LogP contribution in [0.2, 0.25) is 0 Å². The quantitative estimate of drug-likeness (QED) is 0.593. The van der Waals surface area contributed by atoms with E-state index < -0.39 is 25.2 Å². The maximum atomic E-state index is 10.8. The minimum Gasteiger partial charge on any atom is -0.398 e. The third kappa shape index (κ3) is 3.12. The summed E-state index contributed by atoms with van der Waals surface area (Å²) in [5.41, 5.74) is 0.672. The van der Waals surface area contributed by atoms with Crippen LogP contribution < -0.4 is 0 Å². The Labute approximate surface area is 141 Å². The van der Waals surface area contributed by atoms with Gasteiger partial charge in [0, 0.05) is 18.6 Å². The molecule has 0 bridgehead atoms. The summed E-state index contributed by atoms with van der Waals surface area (Å²) in [5, 5.41) is 30.4. The number of non-ortho nitro benzene ring substituents is 1. The molecule has 1 aliphatic heterocycles. The Kier molecular flexibility index (Phi) is 4.27. The van der Waals surface area contributed by atoms with E-state index in [2.05, 4.69) is 10.2 Å². The summed E-state index contributed by atoms with van der Waals surface area (Å²) in [6.07, 6.45) is 0.310. The zero-order valence-corrected chi connectivity index (χ0v) is 13.5. The van der Waals surface area contributed by atoms with Crippen LogP contribution in [0.1, 0.15) is 11.3 Å². The maximum Gasteiger partial charge on any atom is 0.433 e. The number of rotatable bonds is 5. The molecule has 1 aromatic heterocycles. The van der Waals surface area contributed by atoms with Gasteiger partial charge >= 0.3 is 5.88 Å². The van der Waals surface area contributed by atoms with Gasteiger partial charge in [-0.3, -0.25) is 20.2 Å². The van der Waals surface area contributed by atoms with Crippen LogP contribution in [0.3, 0.4) is 0 Å². The molecule has 9 nitrogen and oxygen atoms in total. The van der Waals surface area contributed by atoms with Crippen molar-refractivity contribution >= 4 is 42.3 Å². The molecule has 0 spiro atoms. The number of nitrogens with zero attached hydrogens (tertiary/aromatic N) is 4. The summed E-state index contributed by atoms with van der Waals surface area (Å²) < 4.78 is 5.10. The molecule has 1 aliphatic rings. The van der Waals surface area contributed by atoms with Gasteiger partial charge in [0.2, 0.25) is 0 Å². The van der Waals surface area contributed by atoms with E-state index in [1.165, 1.54) is 24.3 Å². The number of nitro groups is 2. The molecule has 1 atom stereocenters. The third-order valence-electron chi connectivity index (χ3n) is 3.10. The third-order valence-corrected chi connectivity index (χ3v) is 5.44. The van der Waals surface area contributed by atoms with Crippen molar-refractivity contribution in [1.29, 1.82) is 0 Å². The predicted octanol–water partition coefficient (Wildman–Crippen LogP) is 2.49. The smallest absolute Gasteiger partial charge is 0.398 e. The molecule has 2 heterocycles. The van der Waals surface area contributed by atoms with Crippen molar-refractivity contribution in [2.45, 2.75) is 6.42 Å². The lowest BCUT2D eigenvalue weighted by atomic mass is 10.1. The lowest BCUT2D eigenvalue weighted by Crippen LogP contribution is -2.14. The zero-order valence-electron chi connectivity index (χ0n) is 11.8. The van der Waals surface area contributed by atoms with Crippen molar-refractivity contribution in [2.24, 2.45) is 10.2 Å². The number of nitro benzene ring substituents is 1. The summed E-state index contributed by atoms with van der Waals surface area (Å²) in [5.74, 6) is -0.190. The molecule has 3 rings (SSSR count). The van der Waals surface area contributed by atoms with E-state index in [0.717, 1.165) is 0 Å². The van der Waals surface area contributed by atoms with Crippen LogP contribution in [0.25, 0.3) is 0 Å². The van der Waals surface area contributed by atoms with Gasteiger partial charge in [-0.05, 0) is 32.3 Å². The lowest BCUT2D eigenvalue weighted by molar-refractivity contribution is -0.402. The second-order valence-corrected chi connectivity index (χ2v) is 7.06. The second-order valence-electron chi connectivity index (χ2n) is 4.67. The van der Waals surface area contributed by atoms with Crippen molar-refractivity contribution in [1.82, 2.24) is 0 Å². The summed E-state index contributed by atoms with van der Waals surface area (Å²) >= 11 is 5.39. The number of furan rings is 1. The first-order valence-electron chi connectivity index (χ1n) is 6.50. The SMILES string of the molecule is O=[N+]([O-])c1cccc(CC2=NN=C(c3ccc([N+](=O)[O-])o3)S2=S)c1. The van der Waals surface area contributed by atoms with Gasteiger partial charge in [0.1, 0.15) is 9.97 Å². The van der Waals surface area contributed by atoms with Gasteiger partial charge in [0.15, 0.2) is 10.8 Å². The zero-order chi connectivity index (χ0) is 17.3. The highest BCUT2D eigenvalue weighted by Crippen LogP contribution is 2.22. The Hall–Kier alpha value is -2.79. The summed E-state index contributed by atoms with van der Waals surface area (Å²) in [6, 6.07) is 8.82. The highest BCUT2D eigenvalue weighted by molar-refractivity contribution is 8.46. The van der Waals surface area contributed by atoms with Gasteiger partial charge in [-0.25, -0.2) is 0 Å². The van der Waals surface area contributed by atoms with Gasteiger partial charge in [0.25, 0.3) is 5.69 Å². The van der Waals surface area contributed by atoms with E-state index in [1.807, 2.05) is 0 Å². The van der Waals surface area contributed by atoms with E-state index in [4.69, 9.17) is 15.6 Å². The molecule has 0 fully saturated rings. The Bertz CT molecular complexity index is 934. The molecule has 1 unspecified atom stereocenters. The van der Waals surface area contributed by atoms with Crippen molar-refractivity contribution < 1.29 is 14.3 Å². The van der Waals surface area contributed by atoms with Crippen molar-refractivity contribution in [3.63, 3.8) is 0 Å². The van der Waals surface area contributed by atoms with Crippen LogP contribution in [0, 0.1) is 20.2 Å². The molecule has 11 heteroatoms. The highest BCUT2D eigenvalue weighted by atomic mass is 32.8. The second kappa shape index (κ2) is 6.37. The number of hydrogen-bond donors (Lipinski definition) is 0. The topological polar surface area (TPSA) is 124 Å². The largest absolute Gasteiger partial charge is 0.433 e. The molecule has 1 aromatic carbocycles. The van der Waals surface area contributed by atoms with Gasteiger partial charge in [0.05, 0.1) is 11.0 Å². The van der Waals surface area contributed by atoms with Crippen LogP contribution >= 0.6 is 0 Å². The number of benzene rings is 1. The monoisotopic (exact) mass is 364 g/mol. The first-order valence-corrected chi connectivity index (χ1v) is 8.65. The predicted molar refractivity (Wildman–Crippen MR) is 90.9 cm³/mol. The minimum atomic E-state index is -0.920. The van der Waals surface area contributed by atoms with Gasteiger partial charge < -0.3 is 4.42 Å². The fraction of sp³-hybridized carbons (Fsp3) is 0.0769. The molecule has 0 N–H and O–H groups in total. The van der Waals surface area contributed by atoms with Gasteiger partial charge in [-0.2, -0.15) is 0 Å².